The minimum atomic E-state index is 0.552. The van der Waals surface area contributed by atoms with Crippen molar-refractivity contribution in [2.24, 2.45) is 0 Å². The van der Waals surface area contributed by atoms with Crippen LogP contribution >= 0.6 is 0 Å². The molecule has 68 heavy (non-hydrogen) atoms. The van der Waals surface area contributed by atoms with Crippen LogP contribution in [0.1, 0.15) is 0 Å². The van der Waals surface area contributed by atoms with Crippen molar-refractivity contribution >= 4 is 43.6 Å². The Hall–Kier alpha value is -9.19. The summed E-state index contributed by atoms with van der Waals surface area (Å²) in [5.41, 5.74) is 16.4. The number of hydrogen-bond acceptors (Lipinski definition) is 3. The van der Waals surface area contributed by atoms with Crippen LogP contribution in [0.4, 0.5) is 0 Å². The number of aromatic nitrogens is 5. The summed E-state index contributed by atoms with van der Waals surface area (Å²) in [5.74, 6) is 1.75. The lowest BCUT2D eigenvalue weighted by atomic mass is 9.98. The van der Waals surface area contributed by atoms with E-state index >= 15 is 0 Å². The zero-order valence-corrected chi connectivity index (χ0v) is 36.9. The first-order valence-corrected chi connectivity index (χ1v) is 23.0. The highest BCUT2D eigenvalue weighted by molar-refractivity contribution is 6.26. The molecule has 10 aromatic carbocycles. The van der Waals surface area contributed by atoms with E-state index in [-0.39, 0.29) is 0 Å². The Morgan fingerprint density at radius 1 is 0.265 bits per heavy atom. The third kappa shape index (κ3) is 6.68. The summed E-state index contributed by atoms with van der Waals surface area (Å²) in [5, 5.41) is 4.53. The SMILES string of the molecule is c1ccc(-c2ccc(-c3nc(-c4cccc(-c5ccccc5)c4)nc(-n4c5ccccc5c5ccc6c(c7ccccc7n6-c6ccccc6-c6cccc(-c7ccccc7)c6)c54)n3)cc2)cc1. The van der Waals surface area contributed by atoms with Crippen molar-refractivity contribution in [3.8, 4) is 78.9 Å². The second kappa shape index (κ2) is 16.4. The molecule has 0 bridgehead atoms. The monoisotopic (exact) mass is 867 g/mol. The molecule has 5 nitrogen and oxygen atoms in total. The fourth-order valence-electron chi connectivity index (χ4n) is 10.0. The lowest BCUT2D eigenvalue weighted by Crippen LogP contribution is -2.06. The van der Waals surface area contributed by atoms with Crippen LogP contribution in [0, 0.1) is 0 Å². The van der Waals surface area contributed by atoms with Crippen LogP contribution in [0.15, 0.2) is 249 Å². The molecular weight excluding hydrogens is 827 g/mol. The molecule has 0 aliphatic rings. The first-order valence-electron chi connectivity index (χ1n) is 23.0. The number of fused-ring (bicyclic) bond motifs is 7. The Morgan fingerprint density at radius 3 is 1.41 bits per heavy atom. The number of benzene rings is 10. The number of nitrogens with zero attached hydrogens (tertiary/aromatic N) is 5. The molecule has 3 heterocycles. The molecule has 0 spiro atoms. The van der Waals surface area contributed by atoms with E-state index in [2.05, 4.69) is 246 Å². The molecule has 0 aliphatic heterocycles. The van der Waals surface area contributed by atoms with Gasteiger partial charge in [0.15, 0.2) is 11.6 Å². The van der Waals surface area contributed by atoms with E-state index in [1.165, 1.54) is 11.1 Å². The van der Waals surface area contributed by atoms with E-state index in [4.69, 9.17) is 15.0 Å². The summed E-state index contributed by atoms with van der Waals surface area (Å²) in [6, 6.07) is 88.2. The maximum absolute atomic E-state index is 5.44. The van der Waals surface area contributed by atoms with E-state index in [0.29, 0.717) is 17.6 Å². The quantitative estimate of drug-likeness (QED) is 0.153. The highest BCUT2D eigenvalue weighted by atomic mass is 15.2. The van der Waals surface area contributed by atoms with Gasteiger partial charge in [0.1, 0.15) is 0 Å². The van der Waals surface area contributed by atoms with Crippen molar-refractivity contribution in [1.29, 1.82) is 0 Å². The van der Waals surface area contributed by atoms with Crippen LogP contribution < -0.4 is 0 Å². The summed E-state index contributed by atoms with van der Waals surface area (Å²) in [6.07, 6.45) is 0. The van der Waals surface area contributed by atoms with Gasteiger partial charge in [-0.15, -0.1) is 0 Å². The van der Waals surface area contributed by atoms with E-state index in [1.807, 2.05) is 12.1 Å². The smallest absolute Gasteiger partial charge is 0.238 e. The van der Waals surface area contributed by atoms with Gasteiger partial charge in [0.25, 0.3) is 0 Å². The lowest BCUT2D eigenvalue weighted by Gasteiger charge is -2.15. The van der Waals surface area contributed by atoms with Gasteiger partial charge in [-0.3, -0.25) is 4.57 Å². The van der Waals surface area contributed by atoms with Gasteiger partial charge < -0.3 is 4.57 Å². The molecule has 13 rings (SSSR count). The summed E-state index contributed by atoms with van der Waals surface area (Å²) < 4.78 is 4.71. The van der Waals surface area contributed by atoms with E-state index in [1.54, 1.807) is 0 Å². The Morgan fingerprint density at radius 2 is 0.735 bits per heavy atom. The minimum absolute atomic E-state index is 0.552. The van der Waals surface area contributed by atoms with Gasteiger partial charge in [0.2, 0.25) is 5.95 Å². The molecule has 13 aromatic rings. The predicted octanol–water partition coefficient (Wildman–Crippen LogP) is 16.1. The largest absolute Gasteiger partial charge is 0.309 e. The van der Waals surface area contributed by atoms with Crippen LogP contribution in [0.25, 0.3) is 123 Å². The zero-order valence-electron chi connectivity index (χ0n) is 36.9. The normalized spacial score (nSPS) is 11.5. The van der Waals surface area contributed by atoms with Crippen molar-refractivity contribution in [1.82, 2.24) is 24.1 Å². The molecule has 3 aromatic heterocycles. The fourth-order valence-corrected chi connectivity index (χ4v) is 10.0. The number of hydrogen-bond donors (Lipinski definition) is 0. The van der Waals surface area contributed by atoms with E-state index < -0.39 is 0 Å². The van der Waals surface area contributed by atoms with Gasteiger partial charge in [-0.2, -0.15) is 9.97 Å². The molecule has 0 radical (unpaired) electrons. The summed E-state index contributed by atoms with van der Waals surface area (Å²) >= 11 is 0. The molecule has 0 saturated heterocycles. The lowest BCUT2D eigenvalue weighted by molar-refractivity contribution is 0.955. The molecular formula is C63H41N5. The van der Waals surface area contributed by atoms with E-state index in [0.717, 1.165) is 93.8 Å². The Balaban J connectivity index is 1.07. The molecule has 0 aliphatic carbocycles. The van der Waals surface area contributed by atoms with Gasteiger partial charge in [0.05, 0.1) is 27.8 Å². The maximum atomic E-state index is 5.44. The summed E-state index contributed by atoms with van der Waals surface area (Å²) in [7, 11) is 0. The first kappa shape index (κ1) is 39.2. The number of para-hydroxylation sites is 3. The highest BCUT2D eigenvalue weighted by Gasteiger charge is 2.24. The minimum Gasteiger partial charge on any atom is -0.309 e. The molecule has 0 unspecified atom stereocenters. The topological polar surface area (TPSA) is 48.5 Å². The van der Waals surface area contributed by atoms with Crippen LogP contribution in [0.3, 0.4) is 0 Å². The predicted molar refractivity (Wildman–Crippen MR) is 281 cm³/mol. The fraction of sp³-hybridized carbons (Fsp3) is 0. The Kier molecular flexibility index (Phi) is 9.43. The zero-order chi connectivity index (χ0) is 45.0. The first-order chi connectivity index (χ1) is 33.7. The Bertz CT molecular complexity index is 4000. The molecule has 0 atom stereocenters. The maximum Gasteiger partial charge on any atom is 0.238 e. The van der Waals surface area contributed by atoms with Gasteiger partial charge in [-0.25, -0.2) is 4.98 Å². The third-order valence-electron chi connectivity index (χ3n) is 13.2. The third-order valence-corrected chi connectivity index (χ3v) is 13.2. The van der Waals surface area contributed by atoms with Crippen molar-refractivity contribution in [3.63, 3.8) is 0 Å². The molecule has 318 valence electrons. The molecule has 0 amide bonds. The number of rotatable bonds is 8. The second-order valence-corrected chi connectivity index (χ2v) is 17.2. The summed E-state index contributed by atoms with van der Waals surface area (Å²) in [4.78, 5) is 16.1. The van der Waals surface area contributed by atoms with Crippen molar-refractivity contribution < 1.29 is 0 Å². The summed E-state index contributed by atoms with van der Waals surface area (Å²) in [6.45, 7) is 0. The van der Waals surface area contributed by atoms with Crippen LogP contribution in [-0.2, 0) is 0 Å². The average molecular weight is 868 g/mol. The second-order valence-electron chi connectivity index (χ2n) is 17.2. The van der Waals surface area contributed by atoms with E-state index in [9.17, 15) is 0 Å². The van der Waals surface area contributed by atoms with Gasteiger partial charge >= 0.3 is 0 Å². The van der Waals surface area contributed by atoms with Crippen LogP contribution in [0.5, 0.6) is 0 Å². The molecule has 0 fully saturated rings. The van der Waals surface area contributed by atoms with Crippen LogP contribution in [0.2, 0.25) is 0 Å². The molecule has 0 saturated carbocycles. The molecule has 5 heteroatoms. The van der Waals surface area contributed by atoms with Gasteiger partial charge in [-0.1, -0.05) is 212 Å². The molecule has 0 N–H and O–H groups in total. The highest BCUT2D eigenvalue weighted by Crippen LogP contribution is 2.43. The Labute approximate surface area is 393 Å². The van der Waals surface area contributed by atoms with Crippen LogP contribution in [-0.4, -0.2) is 24.1 Å². The van der Waals surface area contributed by atoms with Gasteiger partial charge in [-0.05, 0) is 75.3 Å². The van der Waals surface area contributed by atoms with Crippen molar-refractivity contribution in [3.05, 3.63) is 249 Å². The van der Waals surface area contributed by atoms with Gasteiger partial charge in [0, 0.05) is 38.2 Å². The van der Waals surface area contributed by atoms with Crippen molar-refractivity contribution in [2.75, 3.05) is 0 Å². The standard InChI is InChI=1S/C63H41N5/c1-4-18-42(19-5-1)45-34-36-46(37-35-45)61-64-62(50-27-17-25-48(41-50)44-22-8-3-9-23-44)66-63(65-61)68-56-32-14-11-29-52(56)53-38-39-58-59(60(53)68)54-30-12-15-33-57(54)67(58)55-31-13-10-28-51(55)49-26-16-24-47(40-49)43-20-6-2-7-21-43/h1-41H. The van der Waals surface area contributed by atoms with Crippen molar-refractivity contribution in [2.45, 2.75) is 0 Å². The average Bonchev–Trinajstić information content (AvgIpc) is 3.95.